The molecule has 134 valence electrons. The highest BCUT2D eigenvalue weighted by Gasteiger charge is 2.22. The van der Waals surface area contributed by atoms with Gasteiger partial charge in [-0.25, -0.2) is 4.98 Å². The molecule has 0 aliphatic rings. The minimum Gasteiger partial charge on any atom is -0.276 e. The third kappa shape index (κ3) is 2.84. The molecule has 2 heterocycles. The van der Waals surface area contributed by atoms with Crippen LogP contribution in [0.15, 0.2) is 59.4 Å². The Balaban J connectivity index is 1.98. The molecule has 0 saturated carbocycles. The highest BCUT2D eigenvalue weighted by Crippen LogP contribution is 2.28. The van der Waals surface area contributed by atoms with Crippen LogP contribution in [0.1, 0.15) is 28.1 Å². The van der Waals surface area contributed by atoms with Crippen LogP contribution in [0.3, 0.4) is 0 Å². The summed E-state index contributed by atoms with van der Waals surface area (Å²) in [6.45, 7) is 1.95. The van der Waals surface area contributed by atoms with Crippen molar-refractivity contribution in [1.82, 2.24) is 14.6 Å². The summed E-state index contributed by atoms with van der Waals surface area (Å²) in [5.74, 6) is 0.546. The van der Waals surface area contributed by atoms with Gasteiger partial charge in [-0.2, -0.15) is 15.0 Å². The zero-order valence-corrected chi connectivity index (χ0v) is 15.1. The van der Waals surface area contributed by atoms with Gasteiger partial charge in [-0.05, 0) is 18.1 Å². The minimum absolute atomic E-state index is 0.0761. The van der Waals surface area contributed by atoms with Gasteiger partial charge in [0, 0.05) is 12.0 Å². The molecule has 0 fully saturated rings. The van der Waals surface area contributed by atoms with Crippen LogP contribution in [-0.4, -0.2) is 14.6 Å². The number of pyridine rings is 1. The molecule has 0 spiro atoms. The second-order valence-electron chi connectivity index (χ2n) is 6.51. The molecule has 4 rings (SSSR count). The first-order valence-corrected chi connectivity index (χ1v) is 8.71. The number of rotatable bonds is 3. The lowest BCUT2D eigenvalue weighted by Gasteiger charge is -2.08. The maximum absolute atomic E-state index is 12.9. The lowest BCUT2D eigenvalue weighted by atomic mass is 9.96. The van der Waals surface area contributed by atoms with Gasteiger partial charge in [0.05, 0.1) is 0 Å². The number of aromatic amines is 1. The number of hydrogen-bond donors (Lipinski definition) is 1. The largest absolute Gasteiger partial charge is 0.289 e. The van der Waals surface area contributed by atoms with E-state index in [1.165, 1.54) is 4.52 Å². The van der Waals surface area contributed by atoms with Crippen molar-refractivity contribution in [3.05, 3.63) is 93.0 Å². The fourth-order valence-corrected chi connectivity index (χ4v) is 3.24. The molecule has 28 heavy (non-hydrogen) atoms. The number of nitriles is 2. The molecule has 1 N–H and O–H groups in total. The maximum Gasteiger partial charge on any atom is 0.289 e. The van der Waals surface area contributed by atoms with Gasteiger partial charge in [0.15, 0.2) is 5.65 Å². The number of hydrogen-bond acceptors (Lipinski definition) is 4. The van der Waals surface area contributed by atoms with E-state index in [2.05, 4.69) is 16.2 Å². The molecule has 0 aliphatic heterocycles. The summed E-state index contributed by atoms with van der Waals surface area (Å²) in [6, 6.07) is 21.2. The van der Waals surface area contributed by atoms with Crippen molar-refractivity contribution in [2.45, 2.75) is 13.3 Å². The predicted octanol–water partition coefficient (Wildman–Crippen LogP) is 3.33. The molecule has 6 nitrogen and oxygen atoms in total. The summed E-state index contributed by atoms with van der Waals surface area (Å²) in [5, 5.41) is 22.4. The van der Waals surface area contributed by atoms with Crippen molar-refractivity contribution < 1.29 is 0 Å². The Hall–Kier alpha value is -4.16. The van der Waals surface area contributed by atoms with Crippen LogP contribution in [0, 0.1) is 29.6 Å². The molecule has 0 saturated heterocycles. The molecule has 0 amide bonds. The first-order valence-electron chi connectivity index (χ1n) is 8.71. The average molecular weight is 365 g/mol. The van der Waals surface area contributed by atoms with E-state index >= 15 is 0 Å². The topological polar surface area (TPSA) is 97.7 Å². The van der Waals surface area contributed by atoms with Crippen LogP contribution >= 0.6 is 0 Å². The van der Waals surface area contributed by atoms with Gasteiger partial charge in [0.25, 0.3) is 5.56 Å². The summed E-state index contributed by atoms with van der Waals surface area (Å²) in [7, 11) is 0. The second-order valence-corrected chi connectivity index (χ2v) is 6.51. The molecule has 6 heteroatoms. The van der Waals surface area contributed by atoms with Crippen molar-refractivity contribution in [2.24, 2.45) is 0 Å². The van der Waals surface area contributed by atoms with Crippen LogP contribution in [0.4, 0.5) is 0 Å². The van der Waals surface area contributed by atoms with Crippen LogP contribution in [-0.2, 0) is 6.42 Å². The standard InChI is InChI=1S/C22H15N5O/c1-14-7-9-16(10-8-14)20-17(12-23)21-25-19(11-15-5-3-2-4-6-15)26-27(21)22(28)18(20)13-24/h2-10H,11H2,1H3,(H,25,26). The summed E-state index contributed by atoms with van der Waals surface area (Å²) in [6.07, 6.45) is 0.481. The SMILES string of the molecule is Cc1ccc(-c2c(C#N)c(=O)n3[nH]c(Cc4ccccc4)nc3c2C#N)cc1. The molecule has 0 atom stereocenters. The van der Waals surface area contributed by atoms with Gasteiger partial charge in [0.1, 0.15) is 29.1 Å². The normalized spacial score (nSPS) is 10.5. The van der Waals surface area contributed by atoms with E-state index in [0.29, 0.717) is 23.4 Å². The van der Waals surface area contributed by atoms with E-state index in [4.69, 9.17) is 0 Å². The summed E-state index contributed by atoms with van der Waals surface area (Å²) in [5.41, 5.74) is 2.88. The second kappa shape index (κ2) is 6.86. The molecule has 0 aliphatic carbocycles. The number of fused-ring (bicyclic) bond motifs is 1. The van der Waals surface area contributed by atoms with Crippen molar-refractivity contribution in [3.8, 4) is 23.3 Å². The fourth-order valence-electron chi connectivity index (χ4n) is 3.24. The van der Waals surface area contributed by atoms with Gasteiger partial charge in [-0.3, -0.25) is 9.89 Å². The van der Waals surface area contributed by atoms with Crippen molar-refractivity contribution in [3.63, 3.8) is 0 Å². The van der Waals surface area contributed by atoms with E-state index < -0.39 is 5.56 Å². The Kier molecular flexibility index (Phi) is 4.23. The highest BCUT2D eigenvalue weighted by molar-refractivity contribution is 5.82. The maximum atomic E-state index is 12.9. The van der Waals surface area contributed by atoms with E-state index in [9.17, 15) is 15.3 Å². The number of H-pyrrole nitrogens is 1. The van der Waals surface area contributed by atoms with Gasteiger partial charge >= 0.3 is 0 Å². The van der Waals surface area contributed by atoms with Gasteiger partial charge in [-0.15, -0.1) is 0 Å². The lowest BCUT2D eigenvalue weighted by Crippen LogP contribution is -2.20. The van der Waals surface area contributed by atoms with Crippen molar-refractivity contribution in [1.29, 1.82) is 10.5 Å². The third-order valence-corrected chi connectivity index (χ3v) is 4.61. The monoisotopic (exact) mass is 365 g/mol. The fraction of sp³-hybridized carbons (Fsp3) is 0.0909. The zero-order chi connectivity index (χ0) is 19.7. The molecule has 4 aromatic rings. The van der Waals surface area contributed by atoms with Gasteiger partial charge in [0.2, 0.25) is 0 Å². The molecular weight excluding hydrogens is 350 g/mol. The minimum atomic E-state index is -0.515. The number of aromatic nitrogens is 3. The summed E-state index contributed by atoms with van der Waals surface area (Å²) in [4.78, 5) is 17.4. The van der Waals surface area contributed by atoms with Gasteiger partial charge < -0.3 is 0 Å². The number of nitrogens with zero attached hydrogens (tertiary/aromatic N) is 4. The molecular formula is C22H15N5O. The summed E-state index contributed by atoms with van der Waals surface area (Å²) >= 11 is 0. The summed E-state index contributed by atoms with van der Waals surface area (Å²) < 4.78 is 1.19. The number of benzene rings is 2. The average Bonchev–Trinajstić information content (AvgIpc) is 3.13. The highest BCUT2D eigenvalue weighted by atomic mass is 16.1. The first kappa shape index (κ1) is 17.3. The predicted molar refractivity (Wildman–Crippen MR) is 105 cm³/mol. The molecule has 2 aromatic carbocycles. The Labute approximate surface area is 160 Å². The Morgan fingerprint density at radius 3 is 2.32 bits per heavy atom. The van der Waals surface area contributed by atoms with Crippen molar-refractivity contribution in [2.75, 3.05) is 0 Å². The lowest BCUT2D eigenvalue weighted by molar-refractivity contribution is 0.870. The molecule has 0 radical (unpaired) electrons. The quantitative estimate of drug-likeness (QED) is 0.602. The van der Waals surface area contributed by atoms with E-state index in [1.54, 1.807) is 12.1 Å². The Morgan fingerprint density at radius 2 is 1.68 bits per heavy atom. The smallest absolute Gasteiger partial charge is 0.276 e. The van der Waals surface area contributed by atoms with Crippen molar-refractivity contribution >= 4 is 5.65 Å². The van der Waals surface area contributed by atoms with Crippen LogP contribution in [0.5, 0.6) is 0 Å². The van der Waals surface area contributed by atoms with Crippen LogP contribution < -0.4 is 5.56 Å². The van der Waals surface area contributed by atoms with Crippen LogP contribution in [0.2, 0.25) is 0 Å². The Bertz CT molecular complexity index is 1320. The number of aryl methyl sites for hydroxylation is 1. The van der Waals surface area contributed by atoms with Gasteiger partial charge in [-0.1, -0.05) is 60.2 Å². The zero-order valence-electron chi connectivity index (χ0n) is 15.1. The molecule has 0 unspecified atom stereocenters. The van der Waals surface area contributed by atoms with Crippen LogP contribution in [0.25, 0.3) is 16.8 Å². The first-order chi connectivity index (χ1) is 13.6. The molecule has 2 aromatic heterocycles. The van der Waals surface area contributed by atoms with E-state index in [0.717, 1.165) is 11.1 Å². The van der Waals surface area contributed by atoms with E-state index in [-0.39, 0.29) is 16.8 Å². The third-order valence-electron chi connectivity index (χ3n) is 4.61. The molecule has 0 bridgehead atoms. The van der Waals surface area contributed by atoms with E-state index in [1.807, 2.05) is 55.5 Å². The number of nitrogens with one attached hydrogen (secondary N) is 1. The Morgan fingerprint density at radius 1 is 1.00 bits per heavy atom.